The lowest BCUT2D eigenvalue weighted by Gasteiger charge is -2.18. The Hall–Kier alpha value is -2.13. The van der Waals surface area contributed by atoms with E-state index in [1.54, 1.807) is 0 Å². The van der Waals surface area contributed by atoms with Crippen molar-refractivity contribution in [2.75, 3.05) is 11.9 Å². The second kappa shape index (κ2) is 7.60. The molecule has 0 radical (unpaired) electrons. The molecule has 3 nitrogen and oxygen atoms in total. The zero-order valence-corrected chi connectivity index (χ0v) is 12.6. The fourth-order valence-electron chi connectivity index (χ4n) is 2.15. The van der Waals surface area contributed by atoms with Crippen LogP contribution < -0.4 is 10.6 Å². The molecule has 21 heavy (non-hydrogen) atoms. The van der Waals surface area contributed by atoms with Gasteiger partial charge in [0.15, 0.2) is 0 Å². The van der Waals surface area contributed by atoms with Crippen LogP contribution in [-0.2, 0) is 4.79 Å². The van der Waals surface area contributed by atoms with E-state index in [4.69, 9.17) is 0 Å². The minimum atomic E-state index is -0.326. The van der Waals surface area contributed by atoms with Gasteiger partial charge in [0.2, 0.25) is 5.91 Å². The first-order valence-corrected chi connectivity index (χ1v) is 7.36. The predicted molar refractivity (Wildman–Crippen MR) is 87.3 cm³/mol. The maximum Gasteiger partial charge on any atom is 0.246 e. The van der Waals surface area contributed by atoms with E-state index < -0.39 is 0 Å². The van der Waals surface area contributed by atoms with Crippen molar-refractivity contribution in [1.82, 2.24) is 5.32 Å². The van der Waals surface area contributed by atoms with Crippen LogP contribution in [0.5, 0.6) is 0 Å². The Labute approximate surface area is 126 Å². The predicted octanol–water partition coefficient (Wildman–Crippen LogP) is 3.67. The smallest absolute Gasteiger partial charge is 0.246 e. The Morgan fingerprint density at radius 1 is 1.05 bits per heavy atom. The molecule has 0 heterocycles. The summed E-state index contributed by atoms with van der Waals surface area (Å²) in [6, 6.07) is 17.3. The number of nitrogens with one attached hydrogen (secondary N) is 2. The van der Waals surface area contributed by atoms with Gasteiger partial charge in [0, 0.05) is 5.69 Å². The molecule has 0 unspecified atom stereocenters. The lowest BCUT2D eigenvalue weighted by Crippen LogP contribution is -2.33. The van der Waals surface area contributed by atoms with Gasteiger partial charge in [-0.25, -0.2) is 0 Å². The maximum atomic E-state index is 12.5. The molecule has 0 aromatic heterocycles. The molecule has 0 spiro atoms. The van der Waals surface area contributed by atoms with E-state index in [2.05, 4.69) is 17.6 Å². The number of hydrogen-bond donors (Lipinski definition) is 2. The molecule has 0 saturated heterocycles. The highest BCUT2D eigenvalue weighted by Crippen LogP contribution is 2.16. The molecular formula is C18H22N2O. The van der Waals surface area contributed by atoms with Crippen LogP contribution in [-0.4, -0.2) is 12.5 Å². The quantitative estimate of drug-likeness (QED) is 0.848. The number of carbonyl (C=O) groups is 1. The highest BCUT2D eigenvalue weighted by molar-refractivity contribution is 5.95. The third-order valence-corrected chi connectivity index (χ3v) is 3.31. The largest absolute Gasteiger partial charge is 0.324 e. The number of rotatable bonds is 6. The molecule has 2 aromatic rings. The number of carbonyl (C=O) groups excluding carboxylic acids is 1. The van der Waals surface area contributed by atoms with Crippen molar-refractivity contribution in [2.45, 2.75) is 26.3 Å². The molecular weight excluding hydrogens is 260 g/mol. The molecule has 3 heteroatoms. The molecule has 2 rings (SSSR count). The van der Waals surface area contributed by atoms with Crippen LogP contribution in [0.25, 0.3) is 0 Å². The summed E-state index contributed by atoms with van der Waals surface area (Å²) in [5, 5.41) is 6.28. The van der Waals surface area contributed by atoms with E-state index in [-0.39, 0.29) is 11.9 Å². The topological polar surface area (TPSA) is 41.1 Å². The summed E-state index contributed by atoms with van der Waals surface area (Å²) in [4.78, 5) is 12.5. The second-order valence-electron chi connectivity index (χ2n) is 5.15. The van der Waals surface area contributed by atoms with E-state index in [0.29, 0.717) is 0 Å². The van der Waals surface area contributed by atoms with Gasteiger partial charge in [0.1, 0.15) is 6.04 Å². The van der Waals surface area contributed by atoms with Crippen molar-refractivity contribution in [3.63, 3.8) is 0 Å². The van der Waals surface area contributed by atoms with Crippen LogP contribution in [0, 0.1) is 6.92 Å². The highest BCUT2D eigenvalue weighted by atomic mass is 16.2. The lowest BCUT2D eigenvalue weighted by atomic mass is 10.1. The van der Waals surface area contributed by atoms with Gasteiger partial charge in [-0.05, 0) is 37.6 Å². The molecule has 1 amide bonds. The van der Waals surface area contributed by atoms with Crippen molar-refractivity contribution in [2.24, 2.45) is 0 Å². The zero-order valence-electron chi connectivity index (χ0n) is 12.6. The summed E-state index contributed by atoms with van der Waals surface area (Å²) in [5.41, 5.74) is 2.98. The van der Waals surface area contributed by atoms with Crippen LogP contribution in [0.3, 0.4) is 0 Å². The van der Waals surface area contributed by atoms with E-state index in [1.165, 1.54) is 5.56 Å². The molecule has 0 aliphatic heterocycles. The van der Waals surface area contributed by atoms with E-state index in [9.17, 15) is 4.79 Å². The molecule has 0 aliphatic carbocycles. The average molecular weight is 282 g/mol. The minimum Gasteiger partial charge on any atom is -0.324 e. The highest BCUT2D eigenvalue weighted by Gasteiger charge is 2.19. The van der Waals surface area contributed by atoms with Gasteiger partial charge < -0.3 is 10.6 Å². The van der Waals surface area contributed by atoms with Gasteiger partial charge in [-0.15, -0.1) is 0 Å². The second-order valence-corrected chi connectivity index (χ2v) is 5.15. The summed E-state index contributed by atoms with van der Waals surface area (Å²) >= 11 is 0. The van der Waals surface area contributed by atoms with Gasteiger partial charge in [0.25, 0.3) is 0 Å². The molecule has 2 N–H and O–H groups in total. The Balaban J connectivity index is 2.12. The third-order valence-electron chi connectivity index (χ3n) is 3.31. The van der Waals surface area contributed by atoms with E-state index >= 15 is 0 Å². The summed E-state index contributed by atoms with van der Waals surface area (Å²) in [7, 11) is 0. The number of hydrogen-bond acceptors (Lipinski definition) is 2. The van der Waals surface area contributed by atoms with Gasteiger partial charge in [-0.2, -0.15) is 0 Å². The fraction of sp³-hybridized carbons (Fsp3) is 0.278. The maximum absolute atomic E-state index is 12.5. The zero-order chi connectivity index (χ0) is 15.1. The number of amides is 1. The number of anilines is 1. The van der Waals surface area contributed by atoms with Crippen LogP contribution in [0.1, 0.15) is 30.5 Å². The Bertz CT molecular complexity index is 564. The van der Waals surface area contributed by atoms with Crippen molar-refractivity contribution in [3.8, 4) is 0 Å². The minimum absolute atomic E-state index is 0.0292. The molecule has 0 aliphatic rings. The summed E-state index contributed by atoms with van der Waals surface area (Å²) in [6.07, 6.45) is 0.987. The molecule has 0 saturated carbocycles. The first-order valence-electron chi connectivity index (χ1n) is 7.36. The van der Waals surface area contributed by atoms with Crippen molar-refractivity contribution in [3.05, 3.63) is 65.7 Å². The molecule has 1 atom stereocenters. The summed E-state index contributed by atoms with van der Waals surface area (Å²) in [6.45, 7) is 4.93. The first kappa shape index (κ1) is 15.3. The Kier molecular flexibility index (Phi) is 5.52. The van der Waals surface area contributed by atoms with Crippen molar-refractivity contribution < 1.29 is 4.79 Å². The molecule has 110 valence electrons. The third kappa shape index (κ3) is 4.43. The standard InChI is InChI=1S/C18H22N2O/c1-3-13-19-17(15-7-5-4-6-8-15)18(21)20-16-11-9-14(2)10-12-16/h4-12,17,19H,3,13H2,1-2H3,(H,20,21)/t17-/m1/s1. The SMILES string of the molecule is CCCN[C@@H](C(=O)Nc1ccc(C)cc1)c1ccccc1. The summed E-state index contributed by atoms with van der Waals surface area (Å²) < 4.78 is 0. The van der Waals surface area contributed by atoms with E-state index in [1.807, 2.05) is 61.5 Å². The van der Waals surface area contributed by atoms with Crippen LogP contribution in [0.15, 0.2) is 54.6 Å². The van der Waals surface area contributed by atoms with Crippen LogP contribution in [0.2, 0.25) is 0 Å². The first-order chi connectivity index (χ1) is 10.2. The van der Waals surface area contributed by atoms with Crippen LogP contribution >= 0.6 is 0 Å². The van der Waals surface area contributed by atoms with Crippen LogP contribution in [0.4, 0.5) is 5.69 Å². The number of benzene rings is 2. The average Bonchev–Trinajstić information content (AvgIpc) is 2.51. The number of aryl methyl sites for hydroxylation is 1. The molecule has 0 bridgehead atoms. The summed E-state index contributed by atoms with van der Waals surface area (Å²) in [5.74, 6) is -0.0292. The monoisotopic (exact) mass is 282 g/mol. The molecule has 2 aromatic carbocycles. The van der Waals surface area contributed by atoms with Gasteiger partial charge >= 0.3 is 0 Å². The van der Waals surface area contributed by atoms with Gasteiger partial charge in [0.05, 0.1) is 0 Å². The van der Waals surface area contributed by atoms with Gasteiger partial charge in [-0.3, -0.25) is 4.79 Å². The molecule has 0 fully saturated rings. The van der Waals surface area contributed by atoms with Crippen molar-refractivity contribution >= 4 is 11.6 Å². The van der Waals surface area contributed by atoms with Gasteiger partial charge in [-0.1, -0.05) is 55.0 Å². The van der Waals surface area contributed by atoms with Crippen molar-refractivity contribution in [1.29, 1.82) is 0 Å². The normalized spacial score (nSPS) is 11.9. The van der Waals surface area contributed by atoms with E-state index in [0.717, 1.165) is 24.2 Å². The lowest BCUT2D eigenvalue weighted by molar-refractivity contribution is -0.118. The Morgan fingerprint density at radius 3 is 2.33 bits per heavy atom. The fourth-order valence-corrected chi connectivity index (χ4v) is 2.15. The Morgan fingerprint density at radius 2 is 1.71 bits per heavy atom.